The molecule has 2 heterocycles. The molecule has 3 nitrogen and oxygen atoms in total. The number of aliphatic hydroxyl groups excluding tert-OH is 1. The predicted octanol–water partition coefficient (Wildman–Crippen LogP) is 2.64. The lowest BCUT2D eigenvalue weighted by molar-refractivity contribution is -0.0126. The Bertz CT molecular complexity index is 643. The molecule has 1 saturated heterocycles. The summed E-state index contributed by atoms with van der Waals surface area (Å²) < 4.78 is 0. The number of fused-ring (bicyclic) bond motifs is 3. The Morgan fingerprint density at radius 3 is 2.59 bits per heavy atom. The van der Waals surface area contributed by atoms with Crippen LogP contribution in [0, 0.1) is 0 Å². The lowest BCUT2D eigenvalue weighted by atomic mass is 10.1. The molecular formula is C19H22N2O. The van der Waals surface area contributed by atoms with Crippen LogP contribution in [0.1, 0.15) is 17.5 Å². The SMILES string of the molecule is OC1C2Cc3ccccc3N2CCCN1Cc1ccccc1. The monoisotopic (exact) mass is 294 g/mol. The van der Waals surface area contributed by atoms with Crippen molar-refractivity contribution in [2.75, 3.05) is 18.0 Å². The van der Waals surface area contributed by atoms with Crippen LogP contribution in [0.3, 0.4) is 0 Å². The minimum absolute atomic E-state index is 0.184. The van der Waals surface area contributed by atoms with Crippen LogP contribution < -0.4 is 4.90 Å². The van der Waals surface area contributed by atoms with Crippen molar-refractivity contribution in [1.29, 1.82) is 0 Å². The quantitative estimate of drug-likeness (QED) is 0.922. The normalized spacial score (nSPS) is 24.7. The van der Waals surface area contributed by atoms with Gasteiger partial charge in [-0.2, -0.15) is 0 Å². The second-order valence-electron chi connectivity index (χ2n) is 6.32. The summed E-state index contributed by atoms with van der Waals surface area (Å²) in [5.74, 6) is 0. The summed E-state index contributed by atoms with van der Waals surface area (Å²) in [6.07, 6.45) is 1.63. The van der Waals surface area contributed by atoms with E-state index in [2.05, 4.69) is 58.3 Å². The van der Waals surface area contributed by atoms with Crippen molar-refractivity contribution in [3.8, 4) is 0 Å². The van der Waals surface area contributed by atoms with E-state index in [1.54, 1.807) is 0 Å². The Kier molecular flexibility index (Phi) is 3.60. The molecule has 2 aliphatic heterocycles. The number of hydrogen-bond donors (Lipinski definition) is 1. The number of nitrogens with zero attached hydrogens (tertiary/aromatic N) is 2. The Hall–Kier alpha value is -1.84. The highest BCUT2D eigenvalue weighted by molar-refractivity contribution is 5.59. The van der Waals surface area contributed by atoms with E-state index < -0.39 is 6.23 Å². The van der Waals surface area contributed by atoms with Crippen molar-refractivity contribution >= 4 is 5.69 Å². The zero-order valence-electron chi connectivity index (χ0n) is 12.7. The van der Waals surface area contributed by atoms with E-state index in [-0.39, 0.29) is 6.04 Å². The molecule has 0 bridgehead atoms. The minimum Gasteiger partial charge on any atom is -0.376 e. The molecule has 2 unspecified atom stereocenters. The van der Waals surface area contributed by atoms with Gasteiger partial charge in [-0.05, 0) is 30.0 Å². The molecule has 2 aliphatic rings. The first-order valence-corrected chi connectivity index (χ1v) is 8.13. The fourth-order valence-electron chi connectivity index (χ4n) is 3.84. The highest BCUT2D eigenvalue weighted by atomic mass is 16.3. The second kappa shape index (κ2) is 5.75. The average molecular weight is 294 g/mol. The summed E-state index contributed by atoms with van der Waals surface area (Å²) in [5, 5.41) is 10.9. The molecule has 1 N–H and O–H groups in total. The van der Waals surface area contributed by atoms with Gasteiger partial charge in [0.05, 0.1) is 6.04 Å². The van der Waals surface area contributed by atoms with Gasteiger partial charge in [0.15, 0.2) is 0 Å². The smallest absolute Gasteiger partial charge is 0.128 e. The Morgan fingerprint density at radius 2 is 1.73 bits per heavy atom. The zero-order valence-corrected chi connectivity index (χ0v) is 12.7. The Labute approximate surface area is 131 Å². The summed E-state index contributed by atoms with van der Waals surface area (Å²) >= 11 is 0. The summed E-state index contributed by atoms with van der Waals surface area (Å²) in [4.78, 5) is 4.64. The van der Waals surface area contributed by atoms with Gasteiger partial charge in [-0.15, -0.1) is 0 Å². The molecule has 2 atom stereocenters. The number of rotatable bonds is 2. The molecule has 114 valence electrons. The standard InChI is InChI=1S/C19H22N2O/c22-19-18-13-16-9-4-5-10-17(16)21(18)12-6-11-20(19)14-15-7-2-1-3-8-15/h1-5,7-10,18-19,22H,6,11-14H2. The first kappa shape index (κ1) is 13.8. The first-order valence-electron chi connectivity index (χ1n) is 8.13. The maximum atomic E-state index is 10.9. The van der Waals surface area contributed by atoms with Crippen LogP contribution in [0.15, 0.2) is 54.6 Å². The van der Waals surface area contributed by atoms with E-state index in [1.807, 2.05) is 6.07 Å². The van der Waals surface area contributed by atoms with Gasteiger partial charge >= 0.3 is 0 Å². The molecule has 0 saturated carbocycles. The highest BCUT2D eigenvalue weighted by Gasteiger charge is 2.38. The fraction of sp³-hybridized carbons (Fsp3) is 0.368. The van der Waals surface area contributed by atoms with Gasteiger partial charge in [0.25, 0.3) is 0 Å². The topological polar surface area (TPSA) is 26.7 Å². The number of benzene rings is 2. The third kappa shape index (κ3) is 2.40. The van der Waals surface area contributed by atoms with E-state index >= 15 is 0 Å². The molecule has 0 aromatic heterocycles. The van der Waals surface area contributed by atoms with Crippen molar-refractivity contribution < 1.29 is 5.11 Å². The third-order valence-electron chi connectivity index (χ3n) is 4.92. The minimum atomic E-state index is -0.407. The Balaban J connectivity index is 1.57. The van der Waals surface area contributed by atoms with Gasteiger partial charge < -0.3 is 10.0 Å². The van der Waals surface area contributed by atoms with Gasteiger partial charge in [0.2, 0.25) is 0 Å². The largest absolute Gasteiger partial charge is 0.376 e. The van der Waals surface area contributed by atoms with E-state index in [0.29, 0.717) is 0 Å². The average Bonchev–Trinajstić information content (AvgIpc) is 2.86. The van der Waals surface area contributed by atoms with Crippen LogP contribution >= 0.6 is 0 Å². The number of anilines is 1. The molecule has 2 aromatic rings. The second-order valence-corrected chi connectivity index (χ2v) is 6.32. The summed E-state index contributed by atoms with van der Waals surface area (Å²) in [6, 6.07) is 19.2. The molecule has 0 radical (unpaired) electrons. The highest BCUT2D eigenvalue weighted by Crippen LogP contribution is 2.35. The van der Waals surface area contributed by atoms with Crippen LogP contribution in [-0.4, -0.2) is 35.4 Å². The third-order valence-corrected chi connectivity index (χ3v) is 4.92. The summed E-state index contributed by atoms with van der Waals surface area (Å²) in [6.45, 7) is 2.80. The van der Waals surface area contributed by atoms with E-state index in [1.165, 1.54) is 16.8 Å². The summed E-state index contributed by atoms with van der Waals surface area (Å²) in [7, 11) is 0. The molecule has 1 fully saturated rings. The molecule has 22 heavy (non-hydrogen) atoms. The van der Waals surface area contributed by atoms with Crippen molar-refractivity contribution in [1.82, 2.24) is 4.90 Å². The van der Waals surface area contributed by atoms with Crippen LogP contribution in [-0.2, 0) is 13.0 Å². The molecule has 0 spiro atoms. The zero-order chi connectivity index (χ0) is 14.9. The van der Waals surface area contributed by atoms with Gasteiger partial charge in [0.1, 0.15) is 6.23 Å². The van der Waals surface area contributed by atoms with Crippen LogP contribution in [0.2, 0.25) is 0 Å². The lowest BCUT2D eigenvalue weighted by Crippen LogP contribution is -2.48. The molecule has 3 heteroatoms. The number of hydrogen-bond acceptors (Lipinski definition) is 3. The van der Waals surface area contributed by atoms with Crippen molar-refractivity contribution in [3.05, 3.63) is 65.7 Å². The maximum Gasteiger partial charge on any atom is 0.128 e. The lowest BCUT2D eigenvalue weighted by Gasteiger charge is -2.33. The van der Waals surface area contributed by atoms with E-state index in [9.17, 15) is 5.11 Å². The maximum absolute atomic E-state index is 10.9. The molecule has 0 aliphatic carbocycles. The van der Waals surface area contributed by atoms with Crippen molar-refractivity contribution in [3.63, 3.8) is 0 Å². The fourth-order valence-corrected chi connectivity index (χ4v) is 3.84. The summed E-state index contributed by atoms with van der Waals surface area (Å²) in [5.41, 5.74) is 3.95. The van der Waals surface area contributed by atoms with Gasteiger partial charge in [-0.3, -0.25) is 4.90 Å². The van der Waals surface area contributed by atoms with E-state index in [4.69, 9.17) is 0 Å². The van der Waals surface area contributed by atoms with E-state index in [0.717, 1.165) is 32.5 Å². The van der Waals surface area contributed by atoms with Crippen molar-refractivity contribution in [2.24, 2.45) is 0 Å². The number of aliphatic hydroxyl groups is 1. The van der Waals surface area contributed by atoms with Crippen LogP contribution in [0.4, 0.5) is 5.69 Å². The molecule has 2 aromatic carbocycles. The molecular weight excluding hydrogens is 272 g/mol. The van der Waals surface area contributed by atoms with Crippen molar-refractivity contribution in [2.45, 2.75) is 31.7 Å². The van der Waals surface area contributed by atoms with Gasteiger partial charge in [-0.1, -0.05) is 48.5 Å². The predicted molar refractivity (Wildman–Crippen MR) is 88.8 cm³/mol. The van der Waals surface area contributed by atoms with Crippen LogP contribution in [0.5, 0.6) is 0 Å². The first-order chi connectivity index (χ1) is 10.8. The number of para-hydroxylation sites is 1. The van der Waals surface area contributed by atoms with Gasteiger partial charge in [0, 0.05) is 25.3 Å². The Morgan fingerprint density at radius 1 is 0.955 bits per heavy atom. The van der Waals surface area contributed by atoms with Gasteiger partial charge in [-0.25, -0.2) is 0 Å². The molecule has 4 rings (SSSR count). The molecule has 0 amide bonds. The van der Waals surface area contributed by atoms with Crippen LogP contribution in [0.25, 0.3) is 0 Å².